The van der Waals surface area contributed by atoms with Gasteiger partial charge in [0.1, 0.15) is 36.9 Å². The predicted octanol–water partition coefficient (Wildman–Crippen LogP) is 3.29. The van der Waals surface area contributed by atoms with E-state index in [4.69, 9.17) is 37.6 Å². The maximum absolute atomic E-state index is 13.2. The molecule has 2 heterocycles. The summed E-state index contributed by atoms with van der Waals surface area (Å²) in [6.07, 6.45) is -1.97. The summed E-state index contributed by atoms with van der Waals surface area (Å²) in [4.78, 5) is 25.6. The van der Waals surface area contributed by atoms with Crippen molar-refractivity contribution in [2.45, 2.75) is 44.9 Å². The van der Waals surface area contributed by atoms with E-state index in [0.29, 0.717) is 34.6 Å². The molecule has 194 valence electrons. The van der Waals surface area contributed by atoms with Crippen molar-refractivity contribution in [2.24, 2.45) is 5.92 Å². The van der Waals surface area contributed by atoms with Gasteiger partial charge < -0.3 is 18.9 Å². The number of rotatable bonds is 9. The third kappa shape index (κ3) is 6.75. The molecule has 0 spiro atoms. The van der Waals surface area contributed by atoms with Crippen LogP contribution in [0.15, 0.2) is 40.1 Å². The number of hydrogen-bond acceptors (Lipinski definition) is 7. The van der Waals surface area contributed by atoms with E-state index in [1.165, 1.54) is 0 Å². The van der Waals surface area contributed by atoms with Crippen LogP contribution in [0.4, 0.5) is 13.2 Å². The number of terminal acetylenes is 1. The number of alkyl halides is 3. The summed E-state index contributed by atoms with van der Waals surface area (Å²) in [5, 5.41) is 0.123. The molecule has 1 aromatic carbocycles. The van der Waals surface area contributed by atoms with Crippen LogP contribution in [0.25, 0.3) is 0 Å². The number of H-pyrrole nitrogens is 1. The lowest BCUT2D eigenvalue weighted by atomic mass is 10.1. The third-order valence-electron chi connectivity index (χ3n) is 5.20. The third-order valence-corrected chi connectivity index (χ3v) is 5.54. The monoisotopic (exact) mass is 526 g/mol. The Morgan fingerprint density at radius 1 is 1.33 bits per heavy atom. The molecule has 12 heteroatoms. The molecule has 3 atom stereocenters. The van der Waals surface area contributed by atoms with Crippen molar-refractivity contribution in [1.82, 2.24) is 9.55 Å². The van der Waals surface area contributed by atoms with Crippen molar-refractivity contribution < 1.29 is 32.1 Å². The van der Waals surface area contributed by atoms with Crippen LogP contribution in [0.2, 0.25) is 0 Å². The maximum Gasteiger partial charge on any atom is 0.423 e. The van der Waals surface area contributed by atoms with Crippen LogP contribution in [0.1, 0.15) is 37.6 Å². The predicted molar refractivity (Wildman–Crippen MR) is 128 cm³/mol. The maximum atomic E-state index is 13.2. The first-order chi connectivity index (χ1) is 17.0. The molecule has 3 rings (SSSR count). The summed E-state index contributed by atoms with van der Waals surface area (Å²) >= 11 is 5.41. The fourth-order valence-electron chi connectivity index (χ4n) is 3.51. The van der Waals surface area contributed by atoms with Crippen molar-refractivity contribution in [1.29, 1.82) is 0 Å². The van der Waals surface area contributed by atoms with E-state index in [9.17, 15) is 22.8 Å². The van der Waals surface area contributed by atoms with E-state index in [1.807, 2.05) is 13.8 Å². The minimum absolute atomic E-state index is 0.0141. The van der Waals surface area contributed by atoms with Crippen molar-refractivity contribution in [3.05, 3.63) is 62.4 Å². The molecule has 8 nitrogen and oxygen atoms in total. The number of benzene rings is 1. The Hall–Kier alpha value is -3.14. The molecule has 1 aromatic heterocycles. The smallest absolute Gasteiger partial charge is 0.423 e. The molecule has 1 aliphatic heterocycles. The number of para-hydroxylation sites is 1. The lowest BCUT2D eigenvalue weighted by Crippen LogP contribution is -2.36. The van der Waals surface area contributed by atoms with Crippen molar-refractivity contribution in [2.75, 3.05) is 19.8 Å². The minimum atomic E-state index is -4.96. The molecule has 36 heavy (non-hydrogen) atoms. The van der Waals surface area contributed by atoms with Gasteiger partial charge in [-0.25, -0.2) is 4.79 Å². The minimum Gasteiger partial charge on any atom is -0.493 e. The summed E-state index contributed by atoms with van der Waals surface area (Å²) in [5.74, 6) is 3.15. The van der Waals surface area contributed by atoms with E-state index < -0.39 is 41.4 Å². The van der Waals surface area contributed by atoms with Gasteiger partial charge in [0.2, 0.25) is 0 Å². The van der Waals surface area contributed by atoms with Gasteiger partial charge in [0, 0.05) is 12.6 Å². The van der Waals surface area contributed by atoms with Crippen LogP contribution >= 0.6 is 12.2 Å². The number of aromatic amines is 1. The number of nitrogens with zero attached hydrogens (tertiary/aromatic N) is 1. The topological polar surface area (TPSA) is 91.8 Å². The molecule has 1 saturated heterocycles. The molecule has 0 unspecified atom stereocenters. The van der Waals surface area contributed by atoms with Gasteiger partial charge in [-0.2, -0.15) is 13.2 Å². The first kappa shape index (κ1) is 27.4. The molecule has 1 fully saturated rings. The van der Waals surface area contributed by atoms with Crippen molar-refractivity contribution in [3.8, 4) is 18.1 Å². The van der Waals surface area contributed by atoms with Gasteiger partial charge in [-0.3, -0.25) is 14.3 Å². The average Bonchev–Trinajstić information content (AvgIpc) is 3.21. The van der Waals surface area contributed by atoms with Crippen molar-refractivity contribution >= 4 is 17.3 Å². The van der Waals surface area contributed by atoms with Crippen LogP contribution in [0, 0.1) is 18.3 Å². The van der Waals surface area contributed by atoms with E-state index in [-0.39, 0.29) is 24.7 Å². The quantitative estimate of drug-likeness (QED) is 0.396. The standard InChI is InChI=1S/C24H25F3N2O6S/c1-4-9-32-18-10-20(29-11-16(24(25,26)27)21(30)28-23(29)31)35-19(18)13-34-22(36)15-7-5-6-8-17(15)33-12-14(2)3/h1,5-8,11,14,18-20H,9-10,12-13H2,2-3H3,(H,28,30,31)/t18-,19+,20+/m0/s1. The average molecular weight is 527 g/mol. The summed E-state index contributed by atoms with van der Waals surface area (Å²) < 4.78 is 63.2. The Morgan fingerprint density at radius 2 is 2.06 bits per heavy atom. The molecule has 0 saturated carbocycles. The highest BCUT2D eigenvalue weighted by molar-refractivity contribution is 7.80. The molecule has 0 aliphatic carbocycles. The first-order valence-corrected chi connectivity index (χ1v) is 11.4. The molecule has 0 bridgehead atoms. The molecule has 1 aliphatic rings. The Labute approximate surface area is 210 Å². The van der Waals surface area contributed by atoms with Gasteiger partial charge in [-0.1, -0.05) is 31.9 Å². The van der Waals surface area contributed by atoms with Gasteiger partial charge in [-0.05, 0) is 30.3 Å². The fraction of sp³-hybridized carbons (Fsp3) is 0.458. The zero-order valence-electron chi connectivity index (χ0n) is 19.5. The first-order valence-electron chi connectivity index (χ1n) is 11.0. The Morgan fingerprint density at radius 3 is 2.72 bits per heavy atom. The lowest BCUT2D eigenvalue weighted by molar-refractivity contribution is -0.139. The van der Waals surface area contributed by atoms with Crippen LogP contribution in [-0.4, -0.2) is 46.6 Å². The highest BCUT2D eigenvalue weighted by Gasteiger charge is 2.40. The Bertz CT molecular complexity index is 1230. The van der Waals surface area contributed by atoms with Gasteiger partial charge in [-0.15, -0.1) is 6.42 Å². The fourth-order valence-corrected chi connectivity index (χ4v) is 3.74. The summed E-state index contributed by atoms with van der Waals surface area (Å²) in [6.45, 7) is 4.26. The van der Waals surface area contributed by atoms with Crippen LogP contribution in [-0.2, 0) is 20.4 Å². The van der Waals surface area contributed by atoms with Crippen molar-refractivity contribution in [3.63, 3.8) is 0 Å². The molecule has 1 N–H and O–H groups in total. The molecular weight excluding hydrogens is 501 g/mol. The van der Waals surface area contributed by atoms with Crippen LogP contribution in [0.5, 0.6) is 5.75 Å². The zero-order valence-corrected chi connectivity index (χ0v) is 20.4. The molecular formula is C24H25F3N2O6S. The number of nitrogens with one attached hydrogen (secondary N) is 1. The second-order valence-electron chi connectivity index (χ2n) is 8.43. The summed E-state index contributed by atoms with van der Waals surface area (Å²) in [7, 11) is 0. The zero-order chi connectivity index (χ0) is 26.5. The number of thiocarbonyl (C=S) groups is 1. The molecule has 0 radical (unpaired) electrons. The molecule has 2 aromatic rings. The largest absolute Gasteiger partial charge is 0.493 e. The lowest BCUT2D eigenvalue weighted by Gasteiger charge is -2.20. The van der Waals surface area contributed by atoms with Gasteiger partial charge in [0.05, 0.1) is 18.3 Å². The number of ether oxygens (including phenoxy) is 4. The van der Waals surface area contributed by atoms with E-state index in [2.05, 4.69) is 5.92 Å². The summed E-state index contributed by atoms with van der Waals surface area (Å²) in [5.41, 5.74) is -3.56. The Balaban J connectivity index is 1.78. The van der Waals surface area contributed by atoms with E-state index >= 15 is 0 Å². The van der Waals surface area contributed by atoms with Gasteiger partial charge in [0.15, 0.2) is 5.05 Å². The van der Waals surface area contributed by atoms with Crippen LogP contribution < -0.4 is 16.0 Å². The number of halogens is 3. The highest BCUT2D eigenvalue weighted by Crippen LogP contribution is 2.32. The number of hydrogen-bond donors (Lipinski definition) is 1. The second-order valence-corrected chi connectivity index (χ2v) is 8.80. The van der Waals surface area contributed by atoms with Gasteiger partial charge >= 0.3 is 11.9 Å². The normalized spacial score (nSPS) is 19.8. The molecule has 0 amide bonds. The highest BCUT2D eigenvalue weighted by atomic mass is 32.1. The van der Waals surface area contributed by atoms with E-state index in [0.717, 1.165) is 0 Å². The van der Waals surface area contributed by atoms with Crippen LogP contribution in [0.3, 0.4) is 0 Å². The summed E-state index contributed by atoms with van der Waals surface area (Å²) in [6, 6.07) is 7.07. The SMILES string of the molecule is C#CCO[C@H]1C[C@H](n2cc(C(F)(F)F)c(=O)[nH]c2=O)O[C@@H]1COC(=S)c1ccccc1OCC(C)C. The Kier molecular flexibility index (Phi) is 8.94. The second kappa shape index (κ2) is 11.7. The van der Waals surface area contributed by atoms with Gasteiger partial charge in [0.25, 0.3) is 5.56 Å². The number of aromatic nitrogens is 2. The van der Waals surface area contributed by atoms with E-state index in [1.54, 1.807) is 29.2 Å².